The van der Waals surface area contributed by atoms with Gasteiger partial charge in [-0.05, 0) is 38.0 Å². The average Bonchev–Trinajstić information content (AvgIpc) is 2.16. The molecule has 0 aromatic rings. The van der Waals surface area contributed by atoms with E-state index in [0.29, 0.717) is 24.7 Å². The van der Waals surface area contributed by atoms with Gasteiger partial charge < -0.3 is 10.2 Å². The van der Waals surface area contributed by atoms with Crippen LogP contribution in [-0.4, -0.2) is 21.8 Å². The first-order valence-electron chi connectivity index (χ1n) is 5.82. The molecule has 0 heterocycles. The highest BCUT2D eigenvalue weighted by molar-refractivity contribution is 5.71. The summed E-state index contributed by atoms with van der Waals surface area (Å²) >= 11 is 0. The Balaban J connectivity index is 2.72. The second-order valence-electron chi connectivity index (χ2n) is 5.26. The minimum atomic E-state index is -0.987. The summed E-state index contributed by atoms with van der Waals surface area (Å²) in [5, 5.41) is 19.3. The summed E-state index contributed by atoms with van der Waals surface area (Å²) in [5.74, 6) is -0.552. The summed E-state index contributed by atoms with van der Waals surface area (Å²) in [6.07, 6.45) is 3.32. The fraction of sp³-hybridized carbons (Fsp3) is 0.917. The number of carboxylic acids is 1. The van der Waals surface area contributed by atoms with Crippen molar-refractivity contribution in [2.24, 2.45) is 17.8 Å². The van der Waals surface area contributed by atoms with Crippen LogP contribution in [0.3, 0.4) is 0 Å². The molecule has 0 saturated heterocycles. The molecule has 0 spiro atoms. The molecule has 0 bridgehead atoms. The number of hydrogen-bond donors (Lipinski definition) is 2. The van der Waals surface area contributed by atoms with Crippen LogP contribution in [-0.2, 0) is 4.79 Å². The third kappa shape index (κ3) is 2.71. The lowest BCUT2D eigenvalue weighted by Gasteiger charge is -2.40. The predicted molar refractivity (Wildman–Crippen MR) is 58.5 cm³/mol. The second kappa shape index (κ2) is 4.52. The Bertz CT molecular complexity index is 237. The van der Waals surface area contributed by atoms with Crippen molar-refractivity contribution in [2.75, 3.05) is 0 Å². The number of carbonyl (C=O) groups is 1. The van der Waals surface area contributed by atoms with E-state index in [1.165, 1.54) is 0 Å². The molecule has 2 N–H and O–H groups in total. The van der Waals surface area contributed by atoms with Crippen LogP contribution in [0.5, 0.6) is 0 Å². The Hall–Kier alpha value is -0.570. The number of carboxylic acid groups (broad SMARTS) is 1. The lowest BCUT2D eigenvalue weighted by molar-refractivity contribution is -0.155. The lowest BCUT2D eigenvalue weighted by Crippen LogP contribution is -2.45. The van der Waals surface area contributed by atoms with Crippen LogP contribution in [0.4, 0.5) is 0 Å². The van der Waals surface area contributed by atoms with Crippen molar-refractivity contribution in [1.82, 2.24) is 0 Å². The van der Waals surface area contributed by atoms with Crippen LogP contribution >= 0.6 is 0 Å². The van der Waals surface area contributed by atoms with Gasteiger partial charge in [0.1, 0.15) is 0 Å². The second-order valence-corrected chi connectivity index (χ2v) is 5.26. The first-order valence-corrected chi connectivity index (χ1v) is 5.82. The molecule has 0 aromatic carbocycles. The maximum atomic E-state index is 10.9. The fourth-order valence-electron chi connectivity index (χ4n) is 2.52. The van der Waals surface area contributed by atoms with E-state index in [-0.39, 0.29) is 0 Å². The summed E-state index contributed by atoms with van der Waals surface area (Å²) in [6.45, 7) is 5.90. The first-order chi connectivity index (χ1) is 6.87. The van der Waals surface area contributed by atoms with E-state index in [9.17, 15) is 9.90 Å². The third-order valence-corrected chi connectivity index (χ3v) is 3.92. The Kier molecular flexibility index (Phi) is 3.77. The summed E-state index contributed by atoms with van der Waals surface area (Å²) in [4.78, 5) is 10.9. The van der Waals surface area contributed by atoms with Gasteiger partial charge in [-0.3, -0.25) is 4.79 Å². The summed E-state index contributed by atoms with van der Waals surface area (Å²) in [5.41, 5.74) is -0.987. The van der Waals surface area contributed by atoms with Crippen LogP contribution in [0.25, 0.3) is 0 Å². The van der Waals surface area contributed by atoms with E-state index in [2.05, 4.69) is 13.8 Å². The van der Waals surface area contributed by atoms with Crippen molar-refractivity contribution in [3.8, 4) is 0 Å². The van der Waals surface area contributed by atoms with Crippen LogP contribution in [0, 0.1) is 17.8 Å². The predicted octanol–water partition coefficient (Wildman–Crippen LogP) is 2.28. The highest BCUT2D eigenvalue weighted by Crippen LogP contribution is 2.40. The van der Waals surface area contributed by atoms with E-state index in [4.69, 9.17) is 5.11 Å². The smallest absolute Gasteiger partial charge is 0.309 e. The molecular formula is C12H22O3. The van der Waals surface area contributed by atoms with Crippen molar-refractivity contribution in [2.45, 2.75) is 52.1 Å². The van der Waals surface area contributed by atoms with Gasteiger partial charge in [-0.2, -0.15) is 0 Å². The van der Waals surface area contributed by atoms with Gasteiger partial charge in [0.15, 0.2) is 0 Å². The van der Waals surface area contributed by atoms with Gasteiger partial charge in [0, 0.05) is 0 Å². The SMILES string of the molecule is CC(C)C1CCCC(O)(C(C)C(=O)O)C1. The molecule has 15 heavy (non-hydrogen) atoms. The standard InChI is InChI=1S/C12H22O3/c1-8(2)10-5-4-6-12(15,7-10)9(3)11(13)14/h8-10,15H,4-7H2,1-3H3,(H,13,14). The van der Waals surface area contributed by atoms with Gasteiger partial charge in [-0.25, -0.2) is 0 Å². The Morgan fingerprint density at radius 1 is 1.40 bits per heavy atom. The highest BCUT2D eigenvalue weighted by atomic mass is 16.4. The van der Waals surface area contributed by atoms with Crippen LogP contribution < -0.4 is 0 Å². The zero-order chi connectivity index (χ0) is 11.6. The van der Waals surface area contributed by atoms with Gasteiger partial charge in [-0.1, -0.05) is 20.3 Å². The molecule has 3 heteroatoms. The first kappa shape index (κ1) is 12.5. The number of hydrogen-bond acceptors (Lipinski definition) is 2. The van der Waals surface area contributed by atoms with Gasteiger partial charge in [0.25, 0.3) is 0 Å². The summed E-state index contributed by atoms with van der Waals surface area (Å²) < 4.78 is 0. The fourth-order valence-corrected chi connectivity index (χ4v) is 2.52. The zero-order valence-electron chi connectivity index (χ0n) is 9.86. The van der Waals surface area contributed by atoms with Gasteiger partial charge in [0.2, 0.25) is 0 Å². The van der Waals surface area contributed by atoms with E-state index in [0.717, 1.165) is 12.8 Å². The molecule has 0 amide bonds. The molecular weight excluding hydrogens is 192 g/mol. The normalized spacial score (nSPS) is 34.1. The molecule has 3 unspecified atom stereocenters. The van der Waals surface area contributed by atoms with E-state index < -0.39 is 17.5 Å². The molecule has 1 rings (SSSR count). The van der Waals surface area contributed by atoms with Crippen LogP contribution in [0.1, 0.15) is 46.5 Å². The number of aliphatic carboxylic acids is 1. The molecule has 1 aliphatic rings. The van der Waals surface area contributed by atoms with Crippen molar-refractivity contribution >= 4 is 5.97 Å². The molecule has 0 aromatic heterocycles. The largest absolute Gasteiger partial charge is 0.481 e. The zero-order valence-corrected chi connectivity index (χ0v) is 9.86. The maximum absolute atomic E-state index is 10.9. The monoisotopic (exact) mass is 214 g/mol. The maximum Gasteiger partial charge on any atom is 0.309 e. The van der Waals surface area contributed by atoms with E-state index in [1.807, 2.05) is 0 Å². The van der Waals surface area contributed by atoms with Crippen molar-refractivity contribution in [1.29, 1.82) is 0 Å². The molecule has 88 valence electrons. The highest BCUT2D eigenvalue weighted by Gasteiger charge is 2.42. The van der Waals surface area contributed by atoms with E-state index in [1.54, 1.807) is 6.92 Å². The minimum Gasteiger partial charge on any atom is -0.481 e. The lowest BCUT2D eigenvalue weighted by atomic mass is 9.69. The van der Waals surface area contributed by atoms with Crippen molar-refractivity contribution in [3.63, 3.8) is 0 Å². The summed E-state index contributed by atoms with van der Waals surface area (Å²) in [7, 11) is 0. The molecule has 0 aliphatic heterocycles. The number of rotatable bonds is 3. The van der Waals surface area contributed by atoms with Crippen molar-refractivity contribution < 1.29 is 15.0 Å². The average molecular weight is 214 g/mol. The number of aliphatic hydroxyl groups is 1. The molecule has 3 atom stereocenters. The molecule has 0 radical (unpaired) electrons. The Labute approximate surface area is 91.5 Å². The molecule has 1 saturated carbocycles. The molecule has 1 fully saturated rings. The quantitative estimate of drug-likeness (QED) is 0.757. The van der Waals surface area contributed by atoms with E-state index >= 15 is 0 Å². The van der Waals surface area contributed by atoms with Crippen LogP contribution in [0.2, 0.25) is 0 Å². The topological polar surface area (TPSA) is 57.5 Å². The summed E-state index contributed by atoms with van der Waals surface area (Å²) in [6, 6.07) is 0. The molecule has 3 nitrogen and oxygen atoms in total. The minimum absolute atomic E-state index is 0.463. The van der Waals surface area contributed by atoms with Gasteiger partial charge in [-0.15, -0.1) is 0 Å². The van der Waals surface area contributed by atoms with Gasteiger partial charge >= 0.3 is 5.97 Å². The molecule has 1 aliphatic carbocycles. The third-order valence-electron chi connectivity index (χ3n) is 3.92. The Morgan fingerprint density at radius 3 is 2.47 bits per heavy atom. The van der Waals surface area contributed by atoms with Crippen LogP contribution in [0.15, 0.2) is 0 Å². The van der Waals surface area contributed by atoms with Crippen molar-refractivity contribution in [3.05, 3.63) is 0 Å². The Morgan fingerprint density at radius 2 is 2.00 bits per heavy atom. The van der Waals surface area contributed by atoms with Gasteiger partial charge in [0.05, 0.1) is 11.5 Å².